The lowest BCUT2D eigenvalue weighted by molar-refractivity contribution is 0.398. The van der Waals surface area contributed by atoms with Crippen molar-refractivity contribution in [2.24, 2.45) is 0 Å². The average Bonchev–Trinajstić information content (AvgIpc) is 3.76. The maximum absolute atomic E-state index is 10.2. The Morgan fingerprint density at radius 3 is 1.36 bits per heavy atom. The van der Waals surface area contributed by atoms with E-state index in [-0.39, 0.29) is 16.6 Å². The monoisotopic (exact) mass is 782 g/mol. The first-order chi connectivity index (χ1) is 26.8. The molecule has 0 aromatic heterocycles. The quantitative estimate of drug-likeness (QED) is 0.0812. The number of fused-ring (bicyclic) bond motifs is 9. The minimum atomic E-state index is -0.232. The van der Waals surface area contributed by atoms with E-state index in [0.717, 1.165) is 91.4 Å². The Morgan fingerprint density at radius 2 is 0.891 bits per heavy atom. The second-order valence-corrected chi connectivity index (χ2v) is 16.6. The van der Waals surface area contributed by atoms with Crippen molar-refractivity contribution in [3.05, 3.63) is 115 Å². The summed E-state index contributed by atoms with van der Waals surface area (Å²) in [6.07, 6.45) is 16.7. The molecule has 0 amide bonds. The molecule has 0 saturated carbocycles. The molecule has 4 aromatic rings. The van der Waals surface area contributed by atoms with Gasteiger partial charge in [-0.25, -0.2) is 0 Å². The van der Waals surface area contributed by atoms with Crippen LogP contribution in [0.2, 0.25) is 0 Å². The highest BCUT2D eigenvalue weighted by Gasteiger charge is 2.45. The molecule has 4 nitrogen and oxygen atoms in total. The van der Waals surface area contributed by atoms with Gasteiger partial charge in [-0.05, 0) is 123 Å². The van der Waals surface area contributed by atoms with E-state index >= 15 is 0 Å². The standard InChI is InChI=1S/C50H47BrN4/c1-4-6-8-10-12-14-20-50(21-15-13-11-9-7-5-2)46-26-38-36-18-16-32(3)22-42(36)48(33(28-52)29-53)44(38)24-40(46)41-25-45-39(27-47(41)50)37-19-17-35(51)23-43(37)49(45)34(30-54)31-55/h16-19,22-27H,4-15,20-21H2,1-3H3. The number of hydrogen-bond acceptors (Lipinski definition) is 4. The molecule has 55 heavy (non-hydrogen) atoms. The van der Waals surface area contributed by atoms with Crippen LogP contribution in [0.5, 0.6) is 0 Å². The second kappa shape index (κ2) is 16.3. The molecule has 0 spiro atoms. The summed E-state index contributed by atoms with van der Waals surface area (Å²) in [5, 5.41) is 40.9. The van der Waals surface area contributed by atoms with Crippen LogP contribution in [0.3, 0.4) is 0 Å². The van der Waals surface area contributed by atoms with Crippen LogP contribution in [0.1, 0.15) is 143 Å². The third-order valence-corrected chi connectivity index (χ3v) is 12.8. The van der Waals surface area contributed by atoms with E-state index in [1.54, 1.807) is 0 Å². The van der Waals surface area contributed by atoms with Crippen molar-refractivity contribution in [2.75, 3.05) is 0 Å². The SMILES string of the molecule is CCCCCCCCC1(CCCCCCCC)c2cc3c(cc2-c2cc4c(cc21)-c1ccc(Br)cc1C4=C(C#N)C#N)C(=C(C#N)C#N)c1cc(C)ccc1-3. The summed E-state index contributed by atoms with van der Waals surface area (Å²) in [7, 11) is 0. The van der Waals surface area contributed by atoms with Crippen LogP contribution in [0.4, 0.5) is 0 Å². The van der Waals surface area contributed by atoms with Gasteiger partial charge in [0.15, 0.2) is 0 Å². The van der Waals surface area contributed by atoms with Crippen molar-refractivity contribution >= 4 is 27.1 Å². The number of unbranched alkanes of at least 4 members (excludes halogenated alkanes) is 10. The normalized spacial score (nSPS) is 13.4. The molecular weight excluding hydrogens is 736 g/mol. The van der Waals surface area contributed by atoms with Crippen molar-refractivity contribution in [1.82, 2.24) is 0 Å². The molecule has 0 heterocycles. The van der Waals surface area contributed by atoms with Crippen LogP contribution >= 0.6 is 15.9 Å². The van der Waals surface area contributed by atoms with Crippen molar-refractivity contribution in [1.29, 1.82) is 21.0 Å². The predicted molar refractivity (Wildman–Crippen MR) is 226 cm³/mol. The number of benzene rings is 4. The summed E-state index contributed by atoms with van der Waals surface area (Å²) in [5.41, 5.74) is 15.4. The third kappa shape index (κ3) is 6.65. The number of allylic oxidation sites excluding steroid dienone is 2. The molecule has 3 aliphatic carbocycles. The molecule has 0 saturated heterocycles. The third-order valence-electron chi connectivity index (χ3n) is 12.3. The summed E-state index contributed by atoms with van der Waals surface area (Å²) in [6.45, 7) is 6.59. The Labute approximate surface area is 335 Å². The predicted octanol–water partition coefficient (Wildman–Crippen LogP) is 14.2. The molecule has 0 atom stereocenters. The number of halogens is 1. The number of nitrogens with zero attached hydrogens (tertiary/aromatic N) is 4. The summed E-state index contributed by atoms with van der Waals surface area (Å²) < 4.78 is 0.903. The average molecular weight is 784 g/mol. The fraction of sp³-hybridized carbons (Fsp3) is 0.360. The van der Waals surface area contributed by atoms with Gasteiger partial charge in [0.2, 0.25) is 0 Å². The Hall–Kier alpha value is -5.20. The Morgan fingerprint density at radius 1 is 0.473 bits per heavy atom. The zero-order valence-electron chi connectivity index (χ0n) is 32.3. The Kier molecular flexibility index (Phi) is 11.3. The first kappa shape index (κ1) is 38.1. The first-order valence-electron chi connectivity index (χ1n) is 20.2. The van der Waals surface area contributed by atoms with Crippen molar-refractivity contribution in [3.63, 3.8) is 0 Å². The molecule has 274 valence electrons. The van der Waals surface area contributed by atoms with Gasteiger partial charge in [0, 0.05) is 21.0 Å². The lowest BCUT2D eigenvalue weighted by Gasteiger charge is -2.33. The van der Waals surface area contributed by atoms with E-state index in [0.29, 0.717) is 11.1 Å². The van der Waals surface area contributed by atoms with Gasteiger partial charge in [-0.2, -0.15) is 21.0 Å². The molecule has 0 unspecified atom stereocenters. The van der Waals surface area contributed by atoms with Crippen molar-refractivity contribution in [3.8, 4) is 57.7 Å². The zero-order valence-corrected chi connectivity index (χ0v) is 33.9. The van der Waals surface area contributed by atoms with E-state index in [2.05, 4.69) is 110 Å². The number of rotatable bonds is 14. The molecule has 4 aromatic carbocycles. The topological polar surface area (TPSA) is 95.2 Å². The summed E-state index contributed by atoms with van der Waals surface area (Å²) in [5.74, 6) is 0. The molecule has 0 bridgehead atoms. The van der Waals surface area contributed by atoms with Crippen LogP contribution in [0, 0.1) is 52.2 Å². The van der Waals surface area contributed by atoms with Gasteiger partial charge < -0.3 is 0 Å². The minimum absolute atomic E-state index is 0.111. The lowest BCUT2D eigenvalue weighted by atomic mass is 9.69. The molecule has 0 N–H and O–H groups in total. The molecule has 5 heteroatoms. The summed E-state index contributed by atoms with van der Waals surface area (Å²) in [4.78, 5) is 0. The van der Waals surface area contributed by atoms with E-state index in [9.17, 15) is 21.0 Å². The maximum Gasteiger partial charge on any atom is 0.138 e. The molecule has 3 aliphatic rings. The fourth-order valence-electron chi connectivity index (χ4n) is 9.68. The van der Waals surface area contributed by atoms with Crippen molar-refractivity contribution < 1.29 is 0 Å². The number of nitriles is 4. The van der Waals surface area contributed by atoms with Gasteiger partial charge in [0.25, 0.3) is 0 Å². The summed E-state index contributed by atoms with van der Waals surface area (Å²) in [6, 6.07) is 30.8. The smallest absolute Gasteiger partial charge is 0.138 e. The first-order valence-corrected chi connectivity index (χ1v) is 21.0. The van der Waals surface area contributed by atoms with Gasteiger partial charge in [0.1, 0.15) is 35.4 Å². The molecule has 0 aliphatic heterocycles. The van der Waals surface area contributed by atoms with E-state index < -0.39 is 0 Å². The van der Waals surface area contributed by atoms with Crippen LogP contribution in [0.15, 0.2) is 76.3 Å². The molecule has 7 rings (SSSR count). The van der Waals surface area contributed by atoms with Crippen LogP contribution in [-0.4, -0.2) is 0 Å². The Bertz CT molecular complexity index is 2230. The van der Waals surface area contributed by atoms with E-state index in [1.807, 2.05) is 12.1 Å². The number of aryl methyl sites for hydroxylation is 1. The summed E-state index contributed by atoms with van der Waals surface area (Å²) >= 11 is 3.66. The van der Waals surface area contributed by atoms with E-state index in [1.165, 1.54) is 75.3 Å². The van der Waals surface area contributed by atoms with E-state index in [4.69, 9.17) is 0 Å². The van der Waals surface area contributed by atoms with Crippen LogP contribution < -0.4 is 0 Å². The zero-order chi connectivity index (χ0) is 38.7. The maximum atomic E-state index is 10.2. The van der Waals surface area contributed by atoms with Crippen molar-refractivity contribution in [2.45, 2.75) is 116 Å². The highest BCUT2D eigenvalue weighted by Crippen LogP contribution is 2.61. The van der Waals surface area contributed by atoms with Gasteiger partial charge in [0.05, 0.1) is 0 Å². The van der Waals surface area contributed by atoms with Gasteiger partial charge in [-0.3, -0.25) is 0 Å². The van der Waals surface area contributed by atoms with Gasteiger partial charge in [-0.1, -0.05) is 137 Å². The molecule has 0 fully saturated rings. The van der Waals surface area contributed by atoms with Gasteiger partial charge in [-0.15, -0.1) is 0 Å². The minimum Gasteiger partial charge on any atom is -0.192 e. The molecule has 0 radical (unpaired) electrons. The fourth-order valence-corrected chi connectivity index (χ4v) is 10.0. The van der Waals surface area contributed by atoms with Crippen LogP contribution in [0.25, 0.3) is 44.5 Å². The highest BCUT2D eigenvalue weighted by atomic mass is 79.9. The second-order valence-electron chi connectivity index (χ2n) is 15.7. The lowest BCUT2D eigenvalue weighted by Crippen LogP contribution is -2.26. The number of hydrogen-bond donors (Lipinski definition) is 0. The van der Waals surface area contributed by atoms with Crippen LogP contribution in [-0.2, 0) is 5.41 Å². The highest BCUT2D eigenvalue weighted by molar-refractivity contribution is 9.10. The Balaban J connectivity index is 1.50. The molecular formula is C50H47BrN4. The largest absolute Gasteiger partial charge is 0.192 e. The van der Waals surface area contributed by atoms with Gasteiger partial charge >= 0.3 is 0 Å².